The number of nitrogens with zero attached hydrogens (tertiary/aromatic N) is 2. The topological polar surface area (TPSA) is 67.5 Å². The normalized spacial score (nSPS) is 21.1. The summed E-state index contributed by atoms with van der Waals surface area (Å²) in [4.78, 5) is 22.3. The van der Waals surface area contributed by atoms with Crippen LogP contribution in [-0.4, -0.2) is 46.3 Å². The molecule has 3 rings (SSSR count). The Balaban J connectivity index is 1.95. The second-order valence-electron chi connectivity index (χ2n) is 7.43. The van der Waals surface area contributed by atoms with Gasteiger partial charge in [0, 0.05) is 18.6 Å². The van der Waals surface area contributed by atoms with Crippen molar-refractivity contribution in [1.82, 2.24) is 14.9 Å². The minimum absolute atomic E-state index is 0.0459. The van der Waals surface area contributed by atoms with Gasteiger partial charge in [0.25, 0.3) is 0 Å². The first-order chi connectivity index (χ1) is 11.7. The van der Waals surface area contributed by atoms with Crippen LogP contribution in [0.1, 0.15) is 44.6 Å². The summed E-state index contributed by atoms with van der Waals surface area (Å²) in [6.07, 6.45) is 0.269. The van der Waals surface area contributed by atoms with Crippen molar-refractivity contribution in [2.45, 2.75) is 51.9 Å². The van der Waals surface area contributed by atoms with Gasteiger partial charge < -0.3 is 14.5 Å². The fourth-order valence-corrected chi connectivity index (χ4v) is 3.27. The standard InChI is InChI=1S/C18H24ClN3O3/c1-10-12(19)6-7-13-15(10)21-16(20-13)14-8-11(24-5)9-22(14)17(23)25-18(2,3)4/h6-7,11,14H,8-9H2,1-5H3,(H,20,21)/t11-,14-/m0/s1. The number of hydrogen-bond donors (Lipinski definition) is 1. The molecule has 1 aliphatic heterocycles. The number of amides is 1. The molecule has 2 aromatic rings. The minimum Gasteiger partial charge on any atom is -0.444 e. The van der Waals surface area contributed by atoms with Crippen LogP contribution in [0, 0.1) is 6.92 Å². The lowest BCUT2D eigenvalue weighted by Gasteiger charge is -2.27. The van der Waals surface area contributed by atoms with Gasteiger partial charge in [-0.25, -0.2) is 9.78 Å². The highest BCUT2D eigenvalue weighted by Crippen LogP contribution is 2.35. The van der Waals surface area contributed by atoms with Crippen molar-refractivity contribution in [1.29, 1.82) is 0 Å². The lowest BCUT2D eigenvalue weighted by Crippen LogP contribution is -2.37. The molecule has 1 fully saturated rings. The Morgan fingerprint density at radius 1 is 1.40 bits per heavy atom. The Morgan fingerprint density at radius 3 is 2.76 bits per heavy atom. The van der Waals surface area contributed by atoms with Gasteiger partial charge in [-0.2, -0.15) is 0 Å². The average Bonchev–Trinajstić information content (AvgIpc) is 3.13. The van der Waals surface area contributed by atoms with E-state index in [0.29, 0.717) is 18.0 Å². The molecule has 1 aliphatic rings. The van der Waals surface area contributed by atoms with Crippen LogP contribution < -0.4 is 0 Å². The highest BCUT2D eigenvalue weighted by atomic mass is 35.5. The largest absolute Gasteiger partial charge is 0.444 e. The van der Waals surface area contributed by atoms with E-state index in [1.165, 1.54) is 0 Å². The molecule has 0 spiro atoms. The Bertz CT molecular complexity index is 797. The predicted molar refractivity (Wildman–Crippen MR) is 96.9 cm³/mol. The molecule has 25 heavy (non-hydrogen) atoms. The molecule has 0 saturated carbocycles. The second-order valence-corrected chi connectivity index (χ2v) is 7.84. The molecule has 1 amide bonds. The van der Waals surface area contributed by atoms with Crippen LogP contribution in [0.3, 0.4) is 0 Å². The molecule has 2 heterocycles. The van der Waals surface area contributed by atoms with E-state index < -0.39 is 5.60 Å². The van der Waals surface area contributed by atoms with Crippen LogP contribution >= 0.6 is 11.6 Å². The van der Waals surface area contributed by atoms with Crippen molar-refractivity contribution in [3.8, 4) is 0 Å². The number of aromatic amines is 1. The van der Waals surface area contributed by atoms with E-state index in [4.69, 9.17) is 21.1 Å². The van der Waals surface area contributed by atoms with Crippen molar-refractivity contribution in [2.75, 3.05) is 13.7 Å². The summed E-state index contributed by atoms with van der Waals surface area (Å²) >= 11 is 6.20. The van der Waals surface area contributed by atoms with Crippen LogP contribution in [-0.2, 0) is 9.47 Å². The maximum absolute atomic E-state index is 12.6. The summed E-state index contributed by atoms with van der Waals surface area (Å²) in [6.45, 7) is 8.00. The quantitative estimate of drug-likeness (QED) is 0.865. The molecule has 1 aromatic carbocycles. The van der Waals surface area contributed by atoms with E-state index in [2.05, 4.69) is 9.97 Å². The first-order valence-corrected chi connectivity index (χ1v) is 8.74. The maximum Gasteiger partial charge on any atom is 0.411 e. The number of halogens is 1. The third-order valence-corrected chi connectivity index (χ3v) is 4.82. The number of nitrogens with one attached hydrogen (secondary N) is 1. The molecule has 136 valence electrons. The Hall–Kier alpha value is -1.79. The molecule has 6 nitrogen and oxygen atoms in total. The fraction of sp³-hybridized carbons (Fsp3) is 0.556. The minimum atomic E-state index is -0.551. The van der Waals surface area contributed by atoms with Gasteiger partial charge >= 0.3 is 6.09 Å². The van der Waals surface area contributed by atoms with Crippen LogP contribution in [0.2, 0.25) is 5.02 Å². The first-order valence-electron chi connectivity index (χ1n) is 8.36. The van der Waals surface area contributed by atoms with Crippen LogP contribution in [0.15, 0.2) is 12.1 Å². The molecule has 1 aromatic heterocycles. The Labute approximate surface area is 152 Å². The highest BCUT2D eigenvalue weighted by molar-refractivity contribution is 6.32. The maximum atomic E-state index is 12.6. The van der Waals surface area contributed by atoms with E-state index >= 15 is 0 Å². The number of likely N-dealkylation sites (tertiary alicyclic amines) is 1. The summed E-state index contributed by atoms with van der Waals surface area (Å²) in [7, 11) is 1.66. The van der Waals surface area contributed by atoms with Gasteiger partial charge in [0.1, 0.15) is 11.4 Å². The summed E-state index contributed by atoms with van der Waals surface area (Å²) in [5.41, 5.74) is 2.13. The Morgan fingerprint density at radius 2 is 2.12 bits per heavy atom. The van der Waals surface area contributed by atoms with Gasteiger partial charge in [-0.1, -0.05) is 11.6 Å². The zero-order valence-electron chi connectivity index (χ0n) is 15.2. The van der Waals surface area contributed by atoms with Crippen molar-refractivity contribution < 1.29 is 14.3 Å². The number of carbonyl (C=O) groups is 1. The number of imidazole rings is 1. The third-order valence-electron chi connectivity index (χ3n) is 4.41. The number of H-pyrrole nitrogens is 1. The van der Waals surface area contributed by atoms with Gasteiger partial charge in [-0.15, -0.1) is 0 Å². The Kier molecular flexibility index (Phi) is 4.68. The number of ether oxygens (including phenoxy) is 2. The predicted octanol–water partition coefficient (Wildman–Crippen LogP) is 4.22. The van der Waals surface area contributed by atoms with Gasteiger partial charge in [0.2, 0.25) is 0 Å². The summed E-state index contributed by atoms with van der Waals surface area (Å²) in [6, 6.07) is 3.50. The monoisotopic (exact) mass is 365 g/mol. The number of aromatic nitrogens is 2. The van der Waals surface area contributed by atoms with Crippen molar-refractivity contribution in [3.63, 3.8) is 0 Å². The average molecular weight is 366 g/mol. The molecule has 0 bridgehead atoms. The molecule has 7 heteroatoms. The van der Waals surface area contributed by atoms with Crippen molar-refractivity contribution in [2.24, 2.45) is 0 Å². The zero-order valence-corrected chi connectivity index (χ0v) is 16.0. The summed E-state index contributed by atoms with van der Waals surface area (Å²) < 4.78 is 11.0. The number of rotatable bonds is 2. The highest BCUT2D eigenvalue weighted by Gasteiger charge is 2.40. The van der Waals surface area contributed by atoms with Crippen LogP contribution in [0.4, 0.5) is 4.79 Å². The van der Waals surface area contributed by atoms with E-state index in [1.807, 2.05) is 39.8 Å². The van der Waals surface area contributed by atoms with Crippen LogP contribution in [0.25, 0.3) is 11.0 Å². The molecule has 0 aliphatic carbocycles. The molecule has 2 atom stereocenters. The number of hydrogen-bond acceptors (Lipinski definition) is 4. The fourth-order valence-electron chi connectivity index (χ4n) is 3.12. The van der Waals surface area contributed by atoms with E-state index in [1.54, 1.807) is 12.0 Å². The molecular formula is C18H24ClN3O3. The number of methoxy groups -OCH3 is 1. The zero-order chi connectivity index (χ0) is 18.4. The van der Waals surface area contributed by atoms with E-state index in [-0.39, 0.29) is 18.2 Å². The molecule has 0 unspecified atom stereocenters. The van der Waals surface area contributed by atoms with Gasteiger partial charge in [-0.05, 0) is 45.4 Å². The lowest BCUT2D eigenvalue weighted by molar-refractivity contribution is 0.0190. The number of benzene rings is 1. The third kappa shape index (κ3) is 3.60. The summed E-state index contributed by atoms with van der Waals surface area (Å²) in [5, 5.41) is 0.688. The molecule has 1 saturated heterocycles. The number of carbonyl (C=O) groups excluding carboxylic acids is 1. The van der Waals surface area contributed by atoms with Crippen molar-refractivity contribution >= 4 is 28.7 Å². The number of fused-ring (bicyclic) bond motifs is 1. The van der Waals surface area contributed by atoms with Crippen LogP contribution in [0.5, 0.6) is 0 Å². The second kappa shape index (κ2) is 6.50. The van der Waals surface area contributed by atoms with E-state index in [0.717, 1.165) is 22.4 Å². The number of aryl methyl sites for hydroxylation is 1. The molecule has 1 N–H and O–H groups in total. The van der Waals surface area contributed by atoms with E-state index in [9.17, 15) is 4.79 Å². The van der Waals surface area contributed by atoms with Gasteiger partial charge in [0.05, 0.1) is 29.7 Å². The lowest BCUT2D eigenvalue weighted by atomic mass is 10.2. The SMILES string of the molecule is CO[C@H]1C[C@@H](c2nc3ccc(Cl)c(C)c3[nH]2)N(C(=O)OC(C)(C)C)C1. The van der Waals surface area contributed by atoms with Crippen molar-refractivity contribution in [3.05, 3.63) is 28.5 Å². The molecular weight excluding hydrogens is 342 g/mol. The van der Waals surface area contributed by atoms with Gasteiger partial charge in [-0.3, -0.25) is 4.90 Å². The summed E-state index contributed by atoms with van der Waals surface area (Å²) in [5.74, 6) is 0.728. The smallest absolute Gasteiger partial charge is 0.411 e. The first kappa shape index (κ1) is 18.0. The van der Waals surface area contributed by atoms with Gasteiger partial charge in [0.15, 0.2) is 0 Å². The molecule has 0 radical (unpaired) electrons.